The first-order chi connectivity index (χ1) is 5.20. The fourth-order valence-corrected chi connectivity index (χ4v) is 0.824. The largest absolute Gasteiger partial charge is 0.402 e. The molecule has 0 heterocycles. The zero-order valence-corrected chi connectivity index (χ0v) is 7.43. The lowest BCUT2D eigenvalue weighted by Gasteiger charge is -1.99. The Balaban J connectivity index is 4.00. The van der Waals surface area contributed by atoms with Gasteiger partial charge < -0.3 is 11.5 Å². The molecule has 11 heavy (non-hydrogen) atoms. The summed E-state index contributed by atoms with van der Waals surface area (Å²) in [6.07, 6.45) is 6.12. The molecule has 0 aliphatic rings. The predicted octanol–water partition coefficient (Wildman–Crippen LogP) is 1.53. The fourth-order valence-electron chi connectivity index (χ4n) is 0.824. The van der Waals surface area contributed by atoms with Gasteiger partial charge in [-0.1, -0.05) is 25.0 Å². The topological polar surface area (TPSA) is 52.0 Å². The Morgan fingerprint density at radius 2 is 2.00 bits per heavy atom. The predicted molar refractivity (Wildman–Crippen MR) is 50.0 cm³/mol. The molecule has 0 fully saturated rings. The minimum Gasteiger partial charge on any atom is -0.402 e. The van der Waals surface area contributed by atoms with Crippen LogP contribution in [0.3, 0.4) is 0 Å². The third kappa shape index (κ3) is 5.67. The molecule has 0 bridgehead atoms. The molecule has 2 nitrogen and oxygen atoms in total. The first-order valence-corrected chi connectivity index (χ1v) is 4.02. The summed E-state index contributed by atoms with van der Waals surface area (Å²) < 4.78 is 0. The van der Waals surface area contributed by atoms with Crippen LogP contribution in [0.25, 0.3) is 0 Å². The Morgan fingerprint density at radius 1 is 1.36 bits per heavy atom. The maximum absolute atomic E-state index is 5.51. The van der Waals surface area contributed by atoms with Gasteiger partial charge in [0.25, 0.3) is 0 Å². The number of rotatable bonds is 4. The number of allylic oxidation sites excluding steroid dienone is 3. The molecule has 4 N–H and O–H groups in total. The SMILES string of the molecule is CCC/C(=C/C=C(\C)N)CN. The minimum atomic E-state index is 0.637. The second-order valence-electron chi connectivity index (χ2n) is 2.69. The lowest BCUT2D eigenvalue weighted by Crippen LogP contribution is -2.02. The van der Waals surface area contributed by atoms with Crippen molar-refractivity contribution in [3.63, 3.8) is 0 Å². The highest BCUT2D eigenvalue weighted by Gasteiger charge is 1.89. The van der Waals surface area contributed by atoms with Gasteiger partial charge in [0, 0.05) is 12.2 Å². The second kappa shape index (κ2) is 5.98. The maximum atomic E-state index is 5.51. The lowest BCUT2D eigenvalue weighted by molar-refractivity contribution is 0.874. The standard InChI is InChI=1S/C9H18N2/c1-3-4-9(7-10)6-5-8(2)11/h5-6H,3-4,7,10-11H2,1-2H3/b8-5+,9-6-. The van der Waals surface area contributed by atoms with Crippen molar-refractivity contribution >= 4 is 0 Å². The first-order valence-electron chi connectivity index (χ1n) is 4.02. The van der Waals surface area contributed by atoms with Crippen LogP contribution in [0.4, 0.5) is 0 Å². The van der Waals surface area contributed by atoms with Gasteiger partial charge in [-0.05, 0) is 19.4 Å². The molecule has 0 spiro atoms. The van der Waals surface area contributed by atoms with Crippen molar-refractivity contribution in [1.29, 1.82) is 0 Å². The van der Waals surface area contributed by atoms with Crippen LogP contribution in [0.2, 0.25) is 0 Å². The maximum Gasteiger partial charge on any atom is 0.0139 e. The molecular formula is C9H18N2. The third-order valence-electron chi connectivity index (χ3n) is 1.42. The summed E-state index contributed by atoms with van der Waals surface area (Å²) in [5.74, 6) is 0. The Bertz CT molecular complexity index is 153. The molecule has 0 amide bonds. The monoisotopic (exact) mass is 154 g/mol. The summed E-state index contributed by atoms with van der Waals surface area (Å²) in [4.78, 5) is 0. The van der Waals surface area contributed by atoms with Gasteiger partial charge in [-0.2, -0.15) is 0 Å². The molecule has 0 saturated heterocycles. The van der Waals surface area contributed by atoms with Gasteiger partial charge in [0.05, 0.1) is 0 Å². The molecule has 0 unspecified atom stereocenters. The Labute approximate surface area is 69.0 Å². The molecule has 0 atom stereocenters. The van der Waals surface area contributed by atoms with Gasteiger partial charge in [-0.3, -0.25) is 0 Å². The quantitative estimate of drug-likeness (QED) is 0.603. The van der Waals surface area contributed by atoms with Crippen LogP contribution in [-0.4, -0.2) is 6.54 Å². The van der Waals surface area contributed by atoms with Crippen LogP contribution in [0.5, 0.6) is 0 Å². The van der Waals surface area contributed by atoms with E-state index in [1.54, 1.807) is 0 Å². The van der Waals surface area contributed by atoms with Crippen LogP contribution in [0.1, 0.15) is 26.7 Å². The van der Waals surface area contributed by atoms with Crippen LogP contribution < -0.4 is 11.5 Å². The van der Waals surface area contributed by atoms with Crippen LogP contribution in [0.15, 0.2) is 23.4 Å². The van der Waals surface area contributed by atoms with Gasteiger partial charge in [0.1, 0.15) is 0 Å². The zero-order valence-electron chi connectivity index (χ0n) is 7.43. The van der Waals surface area contributed by atoms with Crippen LogP contribution >= 0.6 is 0 Å². The number of nitrogens with two attached hydrogens (primary N) is 2. The average Bonchev–Trinajstić information content (AvgIpc) is 1.97. The summed E-state index contributed by atoms with van der Waals surface area (Å²) in [7, 11) is 0. The molecule has 0 aromatic carbocycles. The highest BCUT2D eigenvalue weighted by atomic mass is 14.5. The molecule has 0 aromatic rings. The summed E-state index contributed by atoms with van der Waals surface area (Å²) in [5.41, 5.74) is 13.1. The van der Waals surface area contributed by atoms with Crippen molar-refractivity contribution in [1.82, 2.24) is 0 Å². The van der Waals surface area contributed by atoms with Gasteiger partial charge >= 0.3 is 0 Å². The minimum absolute atomic E-state index is 0.637. The molecule has 0 aromatic heterocycles. The Kier molecular flexibility index (Phi) is 5.57. The highest BCUT2D eigenvalue weighted by molar-refractivity contribution is 5.15. The van der Waals surface area contributed by atoms with E-state index in [0.29, 0.717) is 6.54 Å². The average molecular weight is 154 g/mol. The van der Waals surface area contributed by atoms with Gasteiger partial charge in [0.15, 0.2) is 0 Å². The fraction of sp³-hybridized carbons (Fsp3) is 0.556. The second-order valence-corrected chi connectivity index (χ2v) is 2.69. The van der Waals surface area contributed by atoms with E-state index in [2.05, 4.69) is 6.92 Å². The molecule has 0 saturated carbocycles. The van der Waals surface area contributed by atoms with E-state index >= 15 is 0 Å². The molecule has 64 valence electrons. The molecule has 0 rings (SSSR count). The normalized spacial score (nSPS) is 13.7. The number of hydrogen-bond donors (Lipinski definition) is 2. The Morgan fingerprint density at radius 3 is 2.36 bits per heavy atom. The third-order valence-corrected chi connectivity index (χ3v) is 1.42. The van der Waals surface area contributed by atoms with E-state index in [4.69, 9.17) is 11.5 Å². The number of hydrogen-bond acceptors (Lipinski definition) is 2. The van der Waals surface area contributed by atoms with E-state index in [-0.39, 0.29) is 0 Å². The molecule has 2 heteroatoms. The van der Waals surface area contributed by atoms with Crippen molar-refractivity contribution in [2.24, 2.45) is 11.5 Å². The van der Waals surface area contributed by atoms with E-state index in [1.165, 1.54) is 5.57 Å². The van der Waals surface area contributed by atoms with Gasteiger partial charge in [-0.25, -0.2) is 0 Å². The zero-order chi connectivity index (χ0) is 8.69. The smallest absolute Gasteiger partial charge is 0.0139 e. The molecule has 0 aliphatic heterocycles. The molecule has 0 aliphatic carbocycles. The van der Waals surface area contributed by atoms with Crippen molar-refractivity contribution in [2.75, 3.05) is 6.54 Å². The van der Waals surface area contributed by atoms with Gasteiger partial charge in [0.2, 0.25) is 0 Å². The summed E-state index contributed by atoms with van der Waals surface area (Å²) in [5, 5.41) is 0. The van der Waals surface area contributed by atoms with Crippen LogP contribution in [-0.2, 0) is 0 Å². The summed E-state index contributed by atoms with van der Waals surface area (Å²) >= 11 is 0. The van der Waals surface area contributed by atoms with Crippen molar-refractivity contribution in [3.8, 4) is 0 Å². The molecular weight excluding hydrogens is 136 g/mol. The van der Waals surface area contributed by atoms with E-state index in [9.17, 15) is 0 Å². The van der Waals surface area contributed by atoms with Gasteiger partial charge in [-0.15, -0.1) is 0 Å². The van der Waals surface area contributed by atoms with E-state index in [0.717, 1.165) is 18.5 Å². The van der Waals surface area contributed by atoms with E-state index in [1.807, 2.05) is 19.1 Å². The highest BCUT2D eigenvalue weighted by Crippen LogP contribution is 2.02. The Hall–Kier alpha value is -0.760. The van der Waals surface area contributed by atoms with E-state index < -0.39 is 0 Å². The van der Waals surface area contributed by atoms with Crippen molar-refractivity contribution < 1.29 is 0 Å². The summed E-state index contributed by atoms with van der Waals surface area (Å²) in [6, 6.07) is 0. The molecule has 0 radical (unpaired) electrons. The van der Waals surface area contributed by atoms with Crippen molar-refractivity contribution in [3.05, 3.63) is 23.4 Å². The van der Waals surface area contributed by atoms with Crippen molar-refractivity contribution in [2.45, 2.75) is 26.7 Å². The lowest BCUT2D eigenvalue weighted by atomic mass is 10.1. The summed E-state index contributed by atoms with van der Waals surface area (Å²) in [6.45, 7) is 4.65. The van der Waals surface area contributed by atoms with Crippen LogP contribution in [0, 0.1) is 0 Å². The first kappa shape index (κ1) is 10.2.